The van der Waals surface area contributed by atoms with Crippen molar-refractivity contribution >= 4 is 11.6 Å². The second-order valence-electron chi connectivity index (χ2n) is 7.56. The highest BCUT2D eigenvalue weighted by molar-refractivity contribution is 5.81. The Labute approximate surface area is 149 Å². The minimum absolute atomic E-state index is 0.0515. The van der Waals surface area contributed by atoms with Gasteiger partial charge < -0.3 is 9.72 Å². The van der Waals surface area contributed by atoms with Crippen molar-refractivity contribution in [3.8, 4) is 0 Å². The number of carbonyl (C=O) groups excluding carboxylic acids is 1. The van der Waals surface area contributed by atoms with Gasteiger partial charge in [0.15, 0.2) is 0 Å². The van der Waals surface area contributed by atoms with Gasteiger partial charge in [0.1, 0.15) is 5.65 Å². The number of imidazole rings is 1. The molecule has 1 aliphatic heterocycles. The van der Waals surface area contributed by atoms with E-state index in [1.165, 1.54) is 32.1 Å². The van der Waals surface area contributed by atoms with Crippen LogP contribution < -0.4 is 5.32 Å². The molecular formula is C20H28N4O. The molecule has 2 fully saturated rings. The predicted molar refractivity (Wildman–Crippen MR) is 98.4 cm³/mol. The lowest BCUT2D eigenvalue weighted by Crippen LogP contribution is -2.52. The summed E-state index contributed by atoms with van der Waals surface area (Å²) in [6.07, 6.45) is 12.5. The highest BCUT2D eigenvalue weighted by Gasteiger charge is 2.34. The average Bonchev–Trinajstić information content (AvgIpc) is 3.30. The maximum absolute atomic E-state index is 12.8. The van der Waals surface area contributed by atoms with E-state index in [1.807, 2.05) is 22.9 Å². The Morgan fingerprint density at radius 1 is 1.24 bits per heavy atom. The molecule has 5 nitrogen and oxygen atoms in total. The van der Waals surface area contributed by atoms with E-state index in [9.17, 15) is 4.79 Å². The number of hydrogen-bond acceptors (Lipinski definition) is 3. The van der Waals surface area contributed by atoms with E-state index in [0.717, 1.165) is 36.3 Å². The number of fused-ring (bicyclic) bond motifs is 1. The van der Waals surface area contributed by atoms with Gasteiger partial charge in [-0.25, -0.2) is 4.98 Å². The van der Waals surface area contributed by atoms with Gasteiger partial charge >= 0.3 is 0 Å². The van der Waals surface area contributed by atoms with Gasteiger partial charge in [-0.2, -0.15) is 0 Å². The summed E-state index contributed by atoms with van der Waals surface area (Å²) in [4.78, 5) is 20.0. The summed E-state index contributed by atoms with van der Waals surface area (Å²) < 4.78 is 2.03. The van der Waals surface area contributed by atoms with Crippen LogP contribution in [0.15, 0.2) is 24.5 Å². The first-order chi connectivity index (χ1) is 12.2. The molecule has 0 bridgehead atoms. The number of likely N-dealkylation sites (tertiary alicyclic amines) is 1. The van der Waals surface area contributed by atoms with Gasteiger partial charge in [-0.05, 0) is 50.8 Å². The van der Waals surface area contributed by atoms with Crippen molar-refractivity contribution in [2.24, 2.45) is 0 Å². The first kappa shape index (κ1) is 16.6. The largest absolute Gasteiger partial charge is 0.349 e. The Hall–Kier alpha value is -1.88. The Morgan fingerprint density at radius 2 is 2.04 bits per heavy atom. The Bertz CT molecular complexity index is 747. The lowest BCUT2D eigenvalue weighted by Gasteiger charge is -2.38. The topological polar surface area (TPSA) is 49.6 Å². The van der Waals surface area contributed by atoms with Crippen LogP contribution in [0.2, 0.25) is 0 Å². The maximum atomic E-state index is 12.8. The zero-order chi connectivity index (χ0) is 17.2. The van der Waals surface area contributed by atoms with Crippen molar-refractivity contribution < 1.29 is 4.79 Å². The molecule has 2 aromatic rings. The number of nitrogens with one attached hydrogen (secondary N) is 1. The maximum Gasteiger partial charge on any atom is 0.237 e. The Balaban J connectivity index is 1.42. The van der Waals surface area contributed by atoms with E-state index < -0.39 is 0 Å². The van der Waals surface area contributed by atoms with E-state index >= 15 is 0 Å². The molecule has 1 atom stereocenters. The molecule has 1 saturated carbocycles. The number of piperidine rings is 1. The van der Waals surface area contributed by atoms with Gasteiger partial charge in [-0.15, -0.1) is 0 Å². The van der Waals surface area contributed by atoms with Gasteiger partial charge in [0.05, 0.1) is 18.3 Å². The van der Waals surface area contributed by atoms with Gasteiger partial charge in [-0.3, -0.25) is 9.69 Å². The molecule has 2 aromatic heterocycles. The molecule has 4 rings (SSSR count). The normalized spacial score (nSPS) is 22.5. The molecule has 3 heterocycles. The zero-order valence-corrected chi connectivity index (χ0v) is 15.1. The second-order valence-corrected chi connectivity index (χ2v) is 7.56. The zero-order valence-electron chi connectivity index (χ0n) is 15.1. The fourth-order valence-corrected chi connectivity index (χ4v) is 4.49. The molecule has 0 spiro atoms. The monoisotopic (exact) mass is 340 g/mol. The summed E-state index contributed by atoms with van der Waals surface area (Å²) >= 11 is 0. The number of aromatic nitrogens is 2. The van der Waals surface area contributed by atoms with E-state index in [4.69, 9.17) is 0 Å². The van der Waals surface area contributed by atoms with Gasteiger partial charge in [0.25, 0.3) is 0 Å². The van der Waals surface area contributed by atoms with Crippen molar-refractivity contribution in [3.63, 3.8) is 0 Å². The molecule has 1 N–H and O–H groups in total. The average molecular weight is 340 g/mol. The van der Waals surface area contributed by atoms with Crippen LogP contribution in [0, 0.1) is 6.92 Å². The summed E-state index contributed by atoms with van der Waals surface area (Å²) in [5.41, 5.74) is 3.04. The molecule has 0 radical (unpaired) electrons. The number of nitrogens with zero attached hydrogens (tertiary/aromatic N) is 3. The summed E-state index contributed by atoms with van der Waals surface area (Å²) in [7, 11) is 0. The van der Waals surface area contributed by atoms with Crippen LogP contribution in [0.4, 0.5) is 0 Å². The van der Waals surface area contributed by atoms with Crippen molar-refractivity contribution in [1.82, 2.24) is 19.6 Å². The smallest absolute Gasteiger partial charge is 0.237 e. The molecule has 134 valence electrons. The Kier molecular flexibility index (Phi) is 4.75. The highest BCUT2D eigenvalue weighted by atomic mass is 16.2. The third-order valence-electron chi connectivity index (χ3n) is 5.81. The van der Waals surface area contributed by atoms with Gasteiger partial charge in [0, 0.05) is 18.4 Å². The number of pyridine rings is 1. The van der Waals surface area contributed by atoms with E-state index in [1.54, 1.807) is 0 Å². The molecule has 2 aliphatic rings. The molecule has 0 aromatic carbocycles. The van der Waals surface area contributed by atoms with Crippen LogP contribution in [0.5, 0.6) is 0 Å². The Morgan fingerprint density at radius 3 is 2.84 bits per heavy atom. The van der Waals surface area contributed by atoms with E-state index in [0.29, 0.717) is 12.6 Å². The summed E-state index contributed by atoms with van der Waals surface area (Å²) in [6, 6.07) is 4.75. The predicted octanol–water partition coefficient (Wildman–Crippen LogP) is 3.06. The fourth-order valence-electron chi connectivity index (χ4n) is 4.49. The highest BCUT2D eigenvalue weighted by Crippen LogP contribution is 2.29. The first-order valence-corrected chi connectivity index (χ1v) is 9.69. The van der Waals surface area contributed by atoms with Crippen LogP contribution in [0.25, 0.3) is 5.65 Å². The number of amides is 1. The fraction of sp³-hybridized carbons (Fsp3) is 0.600. The SMILES string of the molecule is Cc1cccn2cc(CNC(=O)[C@@H]3CCCCN3C3CCCC3)nc12. The van der Waals surface area contributed by atoms with Crippen molar-refractivity contribution in [2.45, 2.75) is 70.5 Å². The van der Waals surface area contributed by atoms with Crippen LogP contribution in [0.1, 0.15) is 56.2 Å². The molecule has 25 heavy (non-hydrogen) atoms. The quantitative estimate of drug-likeness (QED) is 0.931. The minimum atomic E-state index is 0.0515. The molecule has 1 aliphatic carbocycles. The summed E-state index contributed by atoms with van der Waals surface area (Å²) in [5, 5.41) is 3.15. The molecule has 1 saturated heterocycles. The first-order valence-electron chi connectivity index (χ1n) is 9.69. The van der Waals surface area contributed by atoms with Gasteiger partial charge in [-0.1, -0.05) is 25.3 Å². The summed E-state index contributed by atoms with van der Waals surface area (Å²) in [6.45, 7) is 3.65. The summed E-state index contributed by atoms with van der Waals surface area (Å²) in [5.74, 6) is 0.181. The second kappa shape index (κ2) is 7.16. The molecule has 1 amide bonds. The molecular weight excluding hydrogens is 312 g/mol. The van der Waals surface area contributed by atoms with Crippen LogP contribution in [-0.4, -0.2) is 38.8 Å². The van der Waals surface area contributed by atoms with Crippen LogP contribution >= 0.6 is 0 Å². The van der Waals surface area contributed by atoms with Crippen LogP contribution in [0.3, 0.4) is 0 Å². The van der Waals surface area contributed by atoms with Crippen molar-refractivity contribution in [3.05, 3.63) is 35.8 Å². The third-order valence-corrected chi connectivity index (χ3v) is 5.81. The molecule has 5 heteroatoms. The lowest BCUT2D eigenvalue weighted by atomic mass is 9.98. The van der Waals surface area contributed by atoms with E-state index in [-0.39, 0.29) is 11.9 Å². The molecule has 0 unspecified atom stereocenters. The number of hydrogen-bond donors (Lipinski definition) is 1. The van der Waals surface area contributed by atoms with Crippen molar-refractivity contribution in [1.29, 1.82) is 0 Å². The number of carbonyl (C=O) groups is 1. The third kappa shape index (κ3) is 3.43. The minimum Gasteiger partial charge on any atom is -0.349 e. The number of rotatable bonds is 4. The lowest BCUT2D eigenvalue weighted by molar-refractivity contribution is -0.129. The number of aryl methyl sites for hydroxylation is 1. The van der Waals surface area contributed by atoms with Gasteiger partial charge in [0.2, 0.25) is 5.91 Å². The van der Waals surface area contributed by atoms with E-state index in [2.05, 4.69) is 28.2 Å². The standard InChI is InChI=1S/C20H28N4O/c1-15-7-6-11-23-14-16(22-19(15)23)13-21-20(25)18-10-4-5-12-24(18)17-8-2-3-9-17/h6-7,11,14,17-18H,2-5,8-10,12-13H2,1H3,(H,21,25)/t18-/m0/s1. The van der Waals surface area contributed by atoms with Crippen LogP contribution in [-0.2, 0) is 11.3 Å². The van der Waals surface area contributed by atoms with Crippen molar-refractivity contribution in [2.75, 3.05) is 6.54 Å².